The van der Waals surface area contributed by atoms with Gasteiger partial charge in [-0.15, -0.1) is 11.3 Å². The van der Waals surface area contributed by atoms with E-state index in [0.29, 0.717) is 41.1 Å². The molecule has 1 aliphatic heterocycles. The Balaban J connectivity index is 1.58. The molecule has 3 aromatic heterocycles. The molecule has 4 heterocycles. The third-order valence-electron chi connectivity index (χ3n) is 5.28. The van der Waals surface area contributed by atoms with Gasteiger partial charge in [0.15, 0.2) is 5.65 Å². The van der Waals surface area contributed by atoms with Crippen LogP contribution in [0.2, 0.25) is 0 Å². The van der Waals surface area contributed by atoms with Crippen LogP contribution in [0.5, 0.6) is 0 Å². The van der Waals surface area contributed by atoms with Crippen molar-refractivity contribution in [2.24, 2.45) is 0 Å². The maximum Gasteiger partial charge on any atom is 0.414 e. The van der Waals surface area contributed by atoms with Crippen molar-refractivity contribution in [1.29, 1.82) is 0 Å². The predicted molar refractivity (Wildman–Crippen MR) is 124 cm³/mol. The first-order valence-corrected chi connectivity index (χ1v) is 11.2. The third kappa shape index (κ3) is 3.50. The fourth-order valence-electron chi connectivity index (χ4n) is 3.75. The molecule has 0 atom stereocenters. The Morgan fingerprint density at radius 1 is 1.22 bits per heavy atom. The standard InChI is InChI=1S/C23H21N5O3S/c1-14(2)28-21-16(13-24-28)15(12-18(25-21)20-8-5-11-32-20)22(29)26-17-6-3-4-7-19(17)27-9-10-31-23(27)30/h3-8,11-14H,9-10H2,1-2H3,(H,26,29). The van der Waals surface area contributed by atoms with E-state index >= 15 is 0 Å². The minimum Gasteiger partial charge on any atom is -0.447 e. The number of thiophene rings is 1. The number of hydrogen-bond acceptors (Lipinski definition) is 6. The topological polar surface area (TPSA) is 89.4 Å². The summed E-state index contributed by atoms with van der Waals surface area (Å²) in [6.45, 7) is 4.81. The number of benzene rings is 1. The van der Waals surface area contributed by atoms with Gasteiger partial charge in [0.2, 0.25) is 0 Å². The number of carbonyl (C=O) groups is 2. The van der Waals surface area contributed by atoms with Crippen LogP contribution in [-0.2, 0) is 4.74 Å². The average molecular weight is 448 g/mol. The van der Waals surface area contributed by atoms with Gasteiger partial charge in [0.05, 0.1) is 45.6 Å². The van der Waals surface area contributed by atoms with Gasteiger partial charge < -0.3 is 10.1 Å². The number of pyridine rings is 1. The summed E-state index contributed by atoms with van der Waals surface area (Å²) in [6, 6.07) is 13.0. The first-order valence-electron chi connectivity index (χ1n) is 10.3. The number of aromatic nitrogens is 3. The zero-order valence-corrected chi connectivity index (χ0v) is 18.4. The van der Waals surface area contributed by atoms with Gasteiger partial charge in [-0.3, -0.25) is 9.69 Å². The zero-order chi connectivity index (χ0) is 22.2. The smallest absolute Gasteiger partial charge is 0.414 e. The molecule has 162 valence electrons. The highest BCUT2D eigenvalue weighted by atomic mass is 32.1. The van der Waals surface area contributed by atoms with E-state index in [4.69, 9.17) is 9.72 Å². The monoisotopic (exact) mass is 447 g/mol. The van der Waals surface area contributed by atoms with Gasteiger partial charge in [0.1, 0.15) is 6.61 Å². The lowest BCUT2D eigenvalue weighted by Crippen LogP contribution is -2.25. The fraction of sp³-hybridized carbons (Fsp3) is 0.217. The molecule has 0 bridgehead atoms. The number of ether oxygens (including phenoxy) is 1. The van der Waals surface area contributed by atoms with Gasteiger partial charge in [0, 0.05) is 6.04 Å². The molecular formula is C23H21N5O3S. The lowest BCUT2D eigenvalue weighted by atomic mass is 10.1. The van der Waals surface area contributed by atoms with Crippen LogP contribution in [0.25, 0.3) is 21.6 Å². The number of carbonyl (C=O) groups excluding carboxylic acids is 2. The van der Waals surface area contributed by atoms with Crippen molar-refractivity contribution in [2.75, 3.05) is 23.4 Å². The molecule has 0 aliphatic carbocycles. The number of nitrogens with zero attached hydrogens (tertiary/aromatic N) is 4. The van der Waals surface area contributed by atoms with Crippen molar-refractivity contribution in [3.8, 4) is 10.6 Å². The Hall–Kier alpha value is -3.72. The van der Waals surface area contributed by atoms with Crippen molar-refractivity contribution in [2.45, 2.75) is 19.9 Å². The number of anilines is 2. The molecular weight excluding hydrogens is 426 g/mol. The van der Waals surface area contributed by atoms with Crippen LogP contribution >= 0.6 is 11.3 Å². The Kier molecular flexibility index (Phi) is 5.10. The molecule has 8 nitrogen and oxygen atoms in total. The number of nitrogens with one attached hydrogen (secondary N) is 1. The maximum absolute atomic E-state index is 13.5. The predicted octanol–water partition coefficient (Wildman–Crippen LogP) is 4.95. The first-order chi connectivity index (χ1) is 15.5. The van der Waals surface area contributed by atoms with Crippen molar-refractivity contribution >= 4 is 45.7 Å². The van der Waals surface area contributed by atoms with Crippen LogP contribution in [0, 0.1) is 0 Å². The molecule has 0 unspecified atom stereocenters. The first kappa shape index (κ1) is 20.2. The van der Waals surface area contributed by atoms with E-state index in [0.717, 1.165) is 10.6 Å². The Morgan fingerprint density at radius 3 is 2.78 bits per heavy atom. The molecule has 1 aliphatic rings. The minimum atomic E-state index is -0.420. The summed E-state index contributed by atoms with van der Waals surface area (Å²) < 4.78 is 6.88. The van der Waals surface area contributed by atoms with Gasteiger partial charge in [0.25, 0.3) is 5.91 Å². The summed E-state index contributed by atoms with van der Waals surface area (Å²) in [5, 5.41) is 10.1. The summed E-state index contributed by atoms with van der Waals surface area (Å²) >= 11 is 1.56. The summed E-state index contributed by atoms with van der Waals surface area (Å²) in [4.78, 5) is 32.8. The lowest BCUT2D eigenvalue weighted by Gasteiger charge is -2.18. The highest BCUT2D eigenvalue weighted by Gasteiger charge is 2.26. The SMILES string of the molecule is CC(C)n1ncc2c(C(=O)Nc3ccccc3N3CCOC3=O)cc(-c3cccs3)nc21. The average Bonchev–Trinajstić information content (AvgIpc) is 3.54. The number of para-hydroxylation sites is 2. The van der Waals surface area contributed by atoms with E-state index in [1.165, 1.54) is 4.90 Å². The Morgan fingerprint density at radius 2 is 2.06 bits per heavy atom. The van der Waals surface area contributed by atoms with Crippen LogP contribution in [0.3, 0.4) is 0 Å². The van der Waals surface area contributed by atoms with E-state index in [-0.39, 0.29) is 11.9 Å². The van der Waals surface area contributed by atoms with Crippen molar-refractivity contribution < 1.29 is 14.3 Å². The molecule has 32 heavy (non-hydrogen) atoms. The molecule has 5 rings (SSSR count). The second-order valence-corrected chi connectivity index (χ2v) is 8.64. The molecule has 0 spiro atoms. The lowest BCUT2D eigenvalue weighted by molar-refractivity contribution is 0.102. The zero-order valence-electron chi connectivity index (χ0n) is 17.6. The van der Waals surface area contributed by atoms with E-state index in [9.17, 15) is 9.59 Å². The highest BCUT2D eigenvalue weighted by Crippen LogP contribution is 2.31. The van der Waals surface area contributed by atoms with E-state index < -0.39 is 6.09 Å². The van der Waals surface area contributed by atoms with Gasteiger partial charge >= 0.3 is 6.09 Å². The summed E-state index contributed by atoms with van der Waals surface area (Å²) in [6.07, 6.45) is 1.26. The van der Waals surface area contributed by atoms with Gasteiger partial charge in [-0.25, -0.2) is 14.5 Å². The van der Waals surface area contributed by atoms with Crippen molar-refractivity contribution in [3.05, 3.63) is 59.6 Å². The summed E-state index contributed by atoms with van der Waals surface area (Å²) in [5.74, 6) is -0.293. The molecule has 2 amide bonds. The quantitative estimate of drug-likeness (QED) is 0.468. The van der Waals surface area contributed by atoms with E-state index in [2.05, 4.69) is 10.4 Å². The second kappa shape index (κ2) is 8.08. The van der Waals surface area contributed by atoms with E-state index in [1.54, 1.807) is 35.7 Å². The molecule has 4 aromatic rings. The van der Waals surface area contributed by atoms with Gasteiger partial charge in [-0.1, -0.05) is 18.2 Å². The van der Waals surface area contributed by atoms with Gasteiger partial charge in [-0.2, -0.15) is 5.10 Å². The van der Waals surface area contributed by atoms with Gasteiger partial charge in [-0.05, 0) is 43.5 Å². The molecule has 0 radical (unpaired) electrons. The second-order valence-electron chi connectivity index (χ2n) is 7.69. The van der Waals surface area contributed by atoms with Crippen LogP contribution in [0.4, 0.5) is 16.2 Å². The number of rotatable bonds is 5. The van der Waals surface area contributed by atoms with Crippen LogP contribution in [0.1, 0.15) is 30.2 Å². The molecule has 1 fully saturated rings. The van der Waals surface area contributed by atoms with Crippen molar-refractivity contribution in [3.63, 3.8) is 0 Å². The van der Waals surface area contributed by atoms with Crippen LogP contribution < -0.4 is 10.2 Å². The van der Waals surface area contributed by atoms with E-state index in [1.807, 2.05) is 48.2 Å². The Labute approximate surface area is 188 Å². The largest absolute Gasteiger partial charge is 0.447 e. The molecule has 9 heteroatoms. The Bertz CT molecular complexity index is 1310. The molecule has 1 N–H and O–H groups in total. The molecule has 0 saturated carbocycles. The number of cyclic esters (lactones) is 1. The highest BCUT2D eigenvalue weighted by molar-refractivity contribution is 7.13. The van der Waals surface area contributed by atoms with Crippen LogP contribution in [0.15, 0.2) is 54.0 Å². The maximum atomic E-state index is 13.5. The van der Waals surface area contributed by atoms with Crippen molar-refractivity contribution in [1.82, 2.24) is 14.8 Å². The van der Waals surface area contributed by atoms with Crippen LogP contribution in [-0.4, -0.2) is 39.9 Å². The molecule has 1 aromatic carbocycles. The minimum absolute atomic E-state index is 0.0939. The summed E-state index contributed by atoms with van der Waals surface area (Å²) in [5.41, 5.74) is 2.99. The number of fused-ring (bicyclic) bond motifs is 1. The normalized spacial score (nSPS) is 13.7. The number of amides is 2. The summed E-state index contributed by atoms with van der Waals surface area (Å²) in [7, 11) is 0. The fourth-order valence-corrected chi connectivity index (χ4v) is 4.44. The molecule has 1 saturated heterocycles. The number of hydrogen-bond donors (Lipinski definition) is 1. The third-order valence-corrected chi connectivity index (χ3v) is 6.17.